The Bertz CT molecular complexity index is 867. The van der Waals surface area contributed by atoms with E-state index in [1.807, 2.05) is 6.07 Å². The van der Waals surface area contributed by atoms with E-state index in [1.165, 1.54) is 5.69 Å². The van der Waals surface area contributed by atoms with Gasteiger partial charge in [0, 0.05) is 49.1 Å². The maximum absolute atomic E-state index is 9.19. The first kappa shape index (κ1) is 13.8. The minimum absolute atomic E-state index is 0.648. The van der Waals surface area contributed by atoms with Crippen molar-refractivity contribution >= 4 is 16.7 Å². The van der Waals surface area contributed by atoms with E-state index in [9.17, 15) is 5.26 Å². The third-order valence-corrected chi connectivity index (χ3v) is 4.31. The monoisotopic (exact) mass is 303 g/mol. The normalized spacial score (nSPS) is 14.8. The first-order chi connectivity index (χ1) is 11.3. The fraction of sp³-hybridized carbons (Fsp3) is 0.222. The predicted octanol–water partition coefficient (Wildman–Crippen LogP) is 2.51. The average molecular weight is 303 g/mol. The first-order valence-corrected chi connectivity index (χ1v) is 7.79. The molecule has 2 aromatic heterocycles. The van der Waals surface area contributed by atoms with Gasteiger partial charge in [-0.25, -0.2) is 4.98 Å². The molecule has 4 rings (SSSR count). The molecule has 1 aliphatic rings. The number of nitriles is 1. The number of hydrogen-bond donors (Lipinski definition) is 2. The summed E-state index contributed by atoms with van der Waals surface area (Å²) < 4.78 is 0. The number of aromatic amines is 1. The summed E-state index contributed by atoms with van der Waals surface area (Å²) in [4.78, 5) is 9.99. The molecule has 0 unspecified atom stereocenters. The molecule has 1 aromatic carbocycles. The molecule has 0 amide bonds. The Kier molecular flexibility index (Phi) is 3.45. The van der Waals surface area contributed by atoms with Crippen LogP contribution in [0.15, 0.2) is 42.6 Å². The van der Waals surface area contributed by atoms with Crippen LogP contribution in [0.4, 0.5) is 5.69 Å². The van der Waals surface area contributed by atoms with E-state index in [-0.39, 0.29) is 0 Å². The van der Waals surface area contributed by atoms with Crippen LogP contribution in [0.25, 0.3) is 22.3 Å². The Balaban J connectivity index is 1.67. The molecule has 5 heteroatoms. The smallest absolute Gasteiger partial charge is 0.139 e. The van der Waals surface area contributed by atoms with Gasteiger partial charge in [0.15, 0.2) is 0 Å². The molecule has 3 heterocycles. The van der Waals surface area contributed by atoms with Crippen molar-refractivity contribution in [1.82, 2.24) is 15.3 Å². The number of piperazine rings is 1. The zero-order valence-electron chi connectivity index (χ0n) is 12.7. The number of benzene rings is 1. The molecule has 0 radical (unpaired) electrons. The van der Waals surface area contributed by atoms with Crippen LogP contribution in [-0.2, 0) is 0 Å². The van der Waals surface area contributed by atoms with Crippen molar-refractivity contribution in [2.75, 3.05) is 31.1 Å². The number of H-pyrrole nitrogens is 1. The molecule has 5 nitrogen and oxygen atoms in total. The number of hydrogen-bond acceptors (Lipinski definition) is 4. The standard InChI is InChI=1S/C18H17N5/c19-12-14-5-6-21-18-16(14)11-17(22-18)13-1-3-15(4-2-13)23-9-7-20-8-10-23/h1-6,11,20H,7-10H2,(H,21,22). The van der Waals surface area contributed by atoms with Crippen molar-refractivity contribution in [1.29, 1.82) is 5.26 Å². The fourth-order valence-corrected chi connectivity index (χ4v) is 3.05. The molecule has 0 aliphatic carbocycles. The topological polar surface area (TPSA) is 67.7 Å². The lowest BCUT2D eigenvalue weighted by atomic mass is 10.1. The minimum atomic E-state index is 0.648. The Morgan fingerprint density at radius 2 is 1.87 bits per heavy atom. The van der Waals surface area contributed by atoms with Crippen LogP contribution < -0.4 is 10.2 Å². The van der Waals surface area contributed by atoms with Gasteiger partial charge in [-0.05, 0) is 29.8 Å². The Labute approximate surface area is 134 Å². The van der Waals surface area contributed by atoms with Crippen LogP contribution in [0.5, 0.6) is 0 Å². The maximum Gasteiger partial charge on any atom is 0.139 e. The molecule has 3 aromatic rings. The average Bonchev–Trinajstić information content (AvgIpc) is 3.07. The van der Waals surface area contributed by atoms with Crippen molar-refractivity contribution in [3.8, 4) is 17.3 Å². The Morgan fingerprint density at radius 1 is 1.09 bits per heavy atom. The predicted molar refractivity (Wildman–Crippen MR) is 91.3 cm³/mol. The number of nitrogens with zero attached hydrogens (tertiary/aromatic N) is 3. The second-order valence-electron chi connectivity index (χ2n) is 5.70. The zero-order chi connectivity index (χ0) is 15.6. The van der Waals surface area contributed by atoms with Gasteiger partial charge < -0.3 is 15.2 Å². The molecule has 23 heavy (non-hydrogen) atoms. The van der Waals surface area contributed by atoms with Crippen LogP contribution in [-0.4, -0.2) is 36.1 Å². The fourth-order valence-electron chi connectivity index (χ4n) is 3.05. The van der Waals surface area contributed by atoms with E-state index in [4.69, 9.17) is 0 Å². The number of fused-ring (bicyclic) bond motifs is 1. The van der Waals surface area contributed by atoms with Crippen molar-refractivity contribution < 1.29 is 0 Å². The molecule has 0 atom stereocenters. The molecule has 0 saturated carbocycles. The summed E-state index contributed by atoms with van der Waals surface area (Å²) in [5, 5.41) is 13.4. The van der Waals surface area contributed by atoms with Crippen molar-refractivity contribution in [3.05, 3.63) is 48.2 Å². The zero-order valence-corrected chi connectivity index (χ0v) is 12.7. The van der Waals surface area contributed by atoms with E-state index < -0.39 is 0 Å². The molecule has 1 fully saturated rings. The lowest BCUT2D eigenvalue weighted by Crippen LogP contribution is -2.43. The van der Waals surface area contributed by atoms with Crippen molar-refractivity contribution in [3.63, 3.8) is 0 Å². The Hall–Kier alpha value is -2.84. The van der Waals surface area contributed by atoms with Crippen molar-refractivity contribution in [2.24, 2.45) is 0 Å². The molecule has 2 N–H and O–H groups in total. The molecule has 0 spiro atoms. The lowest BCUT2D eigenvalue weighted by Gasteiger charge is -2.29. The molecular formula is C18H17N5. The highest BCUT2D eigenvalue weighted by Gasteiger charge is 2.11. The molecular weight excluding hydrogens is 286 g/mol. The van der Waals surface area contributed by atoms with Crippen LogP contribution >= 0.6 is 0 Å². The van der Waals surface area contributed by atoms with Gasteiger partial charge >= 0.3 is 0 Å². The van der Waals surface area contributed by atoms with E-state index in [1.54, 1.807) is 12.3 Å². The SMILES string of the molecule is N#Cc1ccnc2[nH]c(-c3ccc(N4CCNCC4)cc3)cc12. The number of aromatic nitrogens is 2. The number of pyridine rings is 1. The summed E-state index contributed by atoms with van der Waals surface area (Å²) in [7, 11) is 0. The third-order valence-electron chi connectivity index (χ3n) is 4.31. The van der Waals surface area contributed by atoms with Gasteiger partial charge in [0.2, 0.25) is 0 Å². The Morgan fingerprint density at radius 3 is 2.61 bits per heavy atom. The quantitative estimate of drug-likeness (QED) is 0.763. The van der Waals surface area contributed by atoms with E-state index in [0.717, 1.165) is 48.5 Å². The van der Waals surface area contributed by atoms with Crippen LogP contribution in [0, 0.1) is 11.3 Å². The lowest BCUT2D eigenvalue weighted by molar-refractivity contribution is 0.589. The van der Waals surface area contributed by atoms with E-state index >= 15 is 0 Å². The van der Waals surface area contributed by atoms with E-state index in [0.29, 0.717) is 5.56 Å². The summed E-state index contributed by atoms with van der Waals surface area (Å²) in [6.45, 7) is 4.15. The van der Waals surface area contributed by atoms with Gasteiger partial charge in [-0.2, -0.15) is 5.26 Å². The highest BCUT2D eigenvalue weighted by atomic mass is 15.2. The van der Waals surface area contributed by atoms with Gasteiger partial charge in [0.25, 0.3) is 0 Å². The summed E-state index contributed by atoms with van der Waals surface area (Å²) in [6, 6.07) is 14.5. The van der Waals surface area contributed by atoms with Gasteiger partial charge in [-0.3, -0.25) is 0 Å². The second kappa shape index (κ2) is 5.75. The van der Waals surface area contributed by atoms with Gasteiger partial charge in [-0.15, -0.1) is 0 Å². The van der Waals surface area contributed by atoms with Gasteiger partial charge in [0.05, 0.1) is 11.6 Å². The second-order valence-corrected chi connectivity index (χ2v) is 5.70. The van der Waals surface area contributed by atoms with Gasteiger partial charge in [-0.1, -0.05) is 12.1 Å². The van der Waals surface area contributed by atoms with E-state index in [2.05, 4.69) is 50.5 Å². The van der Waals surface area contributed by atoms with Crippen LogP contribution in [0.3, 0.4) is 0 Å². The summed E-state index contributed by atoms with van der Waals surface area (Å²) >= 11 is 0. The summed E-state index contributed by atoms with van der Waals surface area (Å²) in [5.41, 5.74) is 4.75. The van der Waals surface area contributed by atoms with Crippen molar-refractivity contribution in [2.45, 2.75) is 0 Å². The highest BCUT2D eigenvalue weighted by molar-refractivity contribution is 5.87. The number of anilines is 1. The largest absolute Gasteiger partial charge is 0.369 e. The third kappa shape index (κ3) is 2.54. The maximum atomic E-state index is 9.19. The molecule has 1 saturated heterocycles. The molecule has 114 valence electrons. The number of rotatable bonds is 2. The van der Waals surface area contributed by atoms with Crippen LogP contribution in [0.1, 0.15) is 5.56 Å². The summed E-state index contributed by atoms with van der Waals surface area (Å²) in [6.07, 6.45) is 1.66. The van der Waals surface area contributed by atoms with Crippen LogP contribution in [0.2, 0.25) is 0 Å². The first-order valence-electron chi connectivity index (χ1n) is 7.79. The summed E-state index contributed by atoms with van der Waals surface area (Å²) in [5.74, 6) is 0. The highest BCUT2D eigenvalue weighted by Crippen LogP contribution is 2.27. The molecule has 0 bridgehead atoms. The van der Waals surface area contributed by atoms with Gasteiger partial charge in [0.1, 0.15) is 5.65 Å². The minimum Gasteiger partial charge on any atom is -0.369 e. The molecule has 1 aliphatic heterocycles. The number of nitrogens with one attached hydrogen (secondary N) is 2.